The Morgan fingerprint density at radius 2 is 1.76 bits per heavy atom. The zero-order chi connectivity index (χ0) is 23.8. The highest BCUT2D eigenvalue weighted by atomic mass is 19.1. The Balaban J connectivity index is 1.51. The van der Waals surface area contributed by atoms with Gasteiger partial charge in [-0.15, -0.1) is 0 Å². The van der Waals surface area contributed by atoms with Crippen LogP contribution in [0.15, 0.2) is 48.5 Å². The molecule has 0 saturated carbocycles. The summed E-state index contributed by atoms with van der Waals surface area (Å²) in [6.07, 6.45) is 0. The topological polar surface area (TPSA) is 82.2 Å². The molecule has 2 aromatic carbocycles. The Morgan fingerprint density at radius 3 is 2.36 bits per heavy atom. The molecule has 1 saturated heterocycles. The average molecular weight is 457 g/mol. The average Bonchev–Trinajstić information content (AvgIpc) is 2.81. The van der Waals surface area contributed by atoms with Gasteiger partial charge in [0.05, 0.1) is 13.2 Å². The van der Waals surface area contributed by atoms with Gasteiger partial charge in [0.1, 0.15) is 5.82 Å². The molecule has 1 fully saturated rings. The second kappa shape index (κ2) is 11.4. The van der Waals surface area contributed by atoms with Crippen LogP contribution in [0.1, 0.15) is 17.3 Å². The van der Waals surface area contributed by atoms with Crippen molar-refractivity contribution in [2.45, 2.75) is 6.92 Å². The Labute approximate surface area is 192 Å². The predicted octanol–water partition coefficient (Wildman–Crippen LogP) is 2.22. The van der Waals surface area contributed by atoms with Crippen molar-refractivity contribution in [1.29, 1.82) is 0 Å². The number of anilines is 2. The van der Waals surface area contributed by atoms with Crippen LogP contribution in [-0.4, -0.2) is 80.5 Å². The fourth-order valence-corrected chi connectivity index (χ4v) is 3.65. The van der Waals surface area contributed by atoms with Crippen molar-refractivity contribution in [3.05, 3.63) is 59.9 Å². The maximum atomic E-state index is 13.4. The molecule has 0 atom stereocenters. The summed E-state index contributed by atoms with van der Waals surface area (Å²) in [4.78, 5) is 41.9. The van der Waals surface area contributed by atoms with Gasteiger partial charge < -0.3 is 24.8 Å². The normalized spacial score (nSPS) is 13.5. The van der Waals surface area contributed by atoms with Gasteiger partial charge in [-0.1, -0.05) is 6.07 Å². The molecule has 0 aromatic heterocycles. The van der Waals surface area contributed by atoms with E-state index >= 15 is 0 Å². The van der Waals surface area contributed by atoms with Crippen LogP contribution in [0.3, 0.4) is 0 Å². The van der Waals surface area contributed by atoms with Crippen LogP contribution in [0.2, 0.25) is 0 Å². The number of amides is 3. The lowest BCUT2D eigenvalue weighted by atomic mass is 10.1. The summed E-state index contributed by atoms with van der Waals surface area (Å²) in [6, 6.07) is 13.2. The molecule has 0 bridgehead atoms. The number of benzene rings is 2. The van der Waals surface area contributed by atoms with Crippen LogP contribution in [0.4, 0.5) is 15.8 Å². The molecule has 9 heteroatoms. The molecule has 1 aliphatic rings. The van der Waals surface area contributed by atoms with Crippen molar-refractivity contribution in [3.63, 3.8) is 0 Å². The van der Waals surface area contributed by atoms with Gasteiger partial charge in [0.25, 0.3) is 5.91 Å². The van der Waals surface area contributed by atoms with Gasteiger partial charge in [-0.05, 0) is 42.5 Å². The van der Waals surface area contributed by atoms with Crippen molar-refractivity contribution < 1.29 is 23.5 Å². The number of halogens is 1. The predicted molar refractivity (Wildman–Crippen MR) is 124 cm³/mol. The van der Waals surface area contributed by atoms with Gasteiger partial charge in [-0.2, -0.15) is 0 Å². The van der Waals surface area contributed by atoms with Crippen LogP contribution >= 0.6 is 0 Å². The minimum absolute atomic E-state index is 0.0399. The van der Waals surface area contributed by atoms with E-state index in [4.69, 9.17) is 4.74 Å². The summed E-state index contributed by atoms with van der Waals surface area (Å²) in [5, 5.41) is 2.80. The summed E-state index contributed by atoms with van der Waals surface area (Å²) in [7, 11) is 1.54. The van der Waals surface area contributed by atoms with Crippen molar-refractivity contribution in [2.75, 3.05) is 63.2 Å². The first-order chi connectivity index (χ1) is 15.9. The van der Waals surface area contributed by atoms with Crippen LogP contribution in [0.25, 0.3) is 0 Å². The lowest BCUT2D eigenvalue weighted by Crippen LogP contribution is -2.48. The molecule has 1 heterocycles. The van der Waals surface area contributed by atoms with E-state index in [2.05, 4.69) is 10.2 Å². The second-order valence-electron chi connectivity index (χ2n) is 7.82. The third-order valence-electron chi connectivity index (χ3n) is 5.50. The number of piperazine rings is 1. The minimum Gasteiger partial charge on any atom is -0.383 e. The number of methoxy groups -OCH3 is 1. The highest BCUT2D eigenvalue weighted by Gasteiger charge is 2.22. The van der Waals surface area contributed by atoms with E-state index in [1.165, 1.54) is 30.0 Å². The summed E-state index contributed by atoms with van der Waals surface area (Å²) in [5.41, 5.74) is 1.98. The number of nitrogens with zero attached hydrogens (tertiary/aromatic N) is 3. The zero-order valence-corrected chi connectivity index (χ0v) is 18.9. The minimum atomic E-state index is -0.421. The smallest absolute Gasteiger partial charge is 0.254 e. The second-order valence-corrected chi connectivity index (χ2v) is 7.82. The number of rotatable bonds is 8. The SMILES string of the molecule is COCCN(CC(=O)Nc1ccc(N2CCN(C(=O)c3cccc(F)c3)CC2)cc1)C(C)=O. The van der Waals surface area contributed by atoms with E-state index < -0.39 is 5.82 Å². The number of nitrogens with one attached hydrogen (secondary N) is 1. The van der Waals surface area contributed by atoms with Crippen LogP contribution < -0.4 is 10.2 Å². The van der Waals surface area contributed by atoms with E-state index in [1.807, 2.05) is 24.3 Å². The van der Waals surface area contributed by atoms with E-state index in [9.17, 15) is 18.8 Å². The standard InChI is InChI=1S/C24H29FN4O4/c1-18(30)29(14-15-33-2)17-23(31)26-21-6-8-22(9-7-21)27-10-12-28(13-11-27)24(32)19-4-3-5-20(25)16-19/h3-9,16H,10-15,17H2,1-2H3,(H,26,31). The van der Waals surface area contributed by atoms with E-state index in [0.29, 0.717) is 50.6 Å². The van der Waals surface area contributed by atoms with Gasteiger partial charge in [-0.3, -0.25) is 14.4 Å². The van der Waals surface area contributed by atoms with E-state index in [0.717, 1.165) is 5.69 Å². The summed E-state index contributed by atoms with van der Waals surface area (Å²) < 4.78 is 18.4. The molecule has 0 radical (unpaired) electrons. The first kappa shape index (κ1) is 24.2. The molecule has 1 N–H and O–H groups in total. The Morgan fingerprint density at radius 1 is 1.06 bits per heavy atom. The highest BCUT2D eigenvalue weighted by Crippen LogP contribution is 2.20. The fraction of sp³-hybridized carbons (Fsp3) is 0.375. The third kappa shape index (κ3) is 6.76. The maximum Gasteiger partial charge on any atom is 0.254 e. The molecular formula is C24H29FN4O4. The molecule has 176 valence electrons. The first-order valence-corrected chi connectivity index (χ1v) is 10.8. The number of hydrogen-bond donors (Lipinski definition) is 1. The van der Waals surface area contributed by atoms with E-state index in [-0.39, 0.29) is 24.3 Å². The third-order valence-corrected chi connectivity index (χ3v) is 5.50. The van der Waals surface area contributed by atoms with Gasteiger partial charge in [0.15, 0.2) is 0 Å². The van der Waals surface area contributed by atoms with Crippen LogP contribution in [-0.2, 0) is 14.3 Å². The number of ether oxygens (including phenoxy) is 1. The Kier molecular flexibility index (Phi) is 8.37. The number of carbonyl (C=O) groups is 3. The van der Waals surface area contributed by atoms with Crippen molar-refractivity contribution in [3.8, 4) is 0 Å². The maximum absolute atomic E-state index is 13.4. The van der Waals surface area contributed by atoms with E-state index in [1.54, 1.807) is 18.1 Å². The molecule has 0 aliphatic carbocycles. The molecule has 2 aromatic rings. The Bertz CT molecular complexity index is 975. The summed E-state index contributed by atoms with van der Waals surface area (Å²) >= 11 is 0. The number of hydrogen-bond acceptors (Lipinski definition) is 5. The van der Waals surface area contributed by atoms with Gasteiger partial charge in [-0.25, -0.2) is 4.39 Å². The highest BCUT2D eigenvalue weighted by molar-refractivity contribution is 5.95. The lowest BCUT2D eigenvalue weighted by Gasteiger charge is -2.36. The van der Waals surface area contributed by atoms with Crippen LogP contribution in [0.5, 0.6) is 0 Å². The Hall–Kier alpha value is -3.46. The summed E-state index contributed by atoms with van der Waals surface area (Å²) in [6.45, 7) is 4.48. The molecule has 1 aliphatic heterocycles. The van der Waals surface area contributed by atoms with Gasteiger partial charge in [0.2, 0.25) is 11.8 Å². The molecule has 0 unspecified atom stereocenters. The van der Waals surface area contributed by atoms with Gasteiger partial charge >= 0.3 is 0 Å². The zero-order valence-electron chi connectivity index (χ0n) is 18.9. The van der Waals surface area contributed by atoms with Crippen molar-refractivity contribution >= 4 is 29.1 Å². The largest absolute Gasteiger partial charge is 0.383 e. The monoisotopic (exact) mass is 456 g/mol. The molecule has 0 spiro atoms. The quantitative estimate of drug-likeness (QED) is 0.659. The fourth-order valence-electron chi connectivity index (χ4n) is 3.65. The van der Waals surface area contributed by atoms with Crippen molar-refractivity contribution in [1.82, 2.24) is 9.80 Å². The van der Waals surface area contributed by atoms with Crippen molar-refractivity contribution in [2.24, 2.45) is 0 Å². The summed E-state index contributed by atoms with van der Waals surface area (Å²) in [5.74, 6) is -1.06. The molecule has 33 heavy (non-hydrogen) atoms. The first-order valence-electron chi connectivity index (χ1n) is 10.8. The molecular weight excluding hydrogens is 427 g/mol. The molecule has 8 nitrogen and oxygen atoms in total. The molecule has 3 rings (SSSR count). The lowest BCUT2D eigenvalue weighted by molar-refractivity contribution is -0.133. The van der Waals surface area contributed by atoms with Gasteiger partial charge in [0, 0.05) is 63.7 Å². The molecule has 3 amide bonds. The number of carbonyl (C=O) groups excluding carboxylic acids is 3. The van der Waals surface area contributed by atoms with Crippen LogP contribution in [0, 0.1) is 5.82 Å².